The van der Waals surface area contributed by atoms with E-state index in [1.54, 1.807) is 6.07 Å². The van der Waals surface area contributed by atoms with Crippen molar-refractivity contribution in [2.24, 2.45) is 0 Å². The highest BCUT2D eigenvalue weighted by Gasteiger charge is 2.18. The Morgan fingerprint density at radius 2 is 2.11 bits per heavy atom. The van der Waals surface area contributed by atoms with Crippen LogP contribution < -0.4 is 5.32 Å². The molecule has 0 aliphatic rings. The van der Waals surface area contributed by atoms with Crippen LogP contribution >= 0.6 is 11.6 Å². The molecule has 0 saturated carbocycles. The number of nitrogens with zero attached hydrogens (tertiary/aromatic N) is 4. The van der Waals surface area contributed by atoms with Gasteiger partial charge in [0.05, 0.1) is 0 Å². The molecule has 0 aliphatic heterocycles. The first-order valence-electron chi connectivity index (χ1n) is 5.99. The van der Waals surface area contributed by atoms with Gasteiger partial charge < -0.3 is 9.84 Å². The third kappa shape index (κ3) is 3.89. The van der Waals surface area contributed by atoms with Crippen molar-refractivity contribution in [2.45, 2.75) is 32.6 Å². The van der Waals surface area contributed by atoms with E-state index in [0.717, 1.165) is 0 Å². The lowest BCUT2D eigenvalue weighted by Crippen LogP contribution is -2.17. The Balaban J connectivity index is 2.02. The maximum atomic E-state index is 6.00. The first kappa shape index (κ1) is 13.7. The van der Waals surface area contributed by atoms with Gasteiger partial charge >= 0.3 is 0 Å². The van der Waals surface area contributed by atoms with Gasteiger partial charge in [0, 0.05) is 24.4 Å². The second-order valence-electron chi connectivity index (χ2n) is 5.16. The van der Waals surface area contributed by atoms with Crippen molar-refractivity contribution in [1.29, 1.82) is 0 Å². The van der Waals surface area contributed by atoms with E-state index in [4.69, 9.17) is 16.1 Å². The molecule has 7 heteroatoms. The fraction of sp³-hybridized carbons (Fsp3) is 0.500. The van der Waals surface area contributed by atoms with E-state index >= 15 is 0 Å². The summed E-state index contributed by atoms with van der Waals surface area (Å²) in [7, 11) is 0. The largest absolute Gasteiger partial charge is 0.369 e. The van der Waals surface area contributed by atoms with Crippen LogP contribution in [0.4, 0.5) is 5.82 Å². The van der Waals surface area contributed by atoms with Crippen LogP contribution in [0.15, 0.2) is 16.9 Å². The molecule has 0 spiro atoms. The van der Waals surface area contributed by atoms with Crippen molar-refractivity contribution < 1.29 is 4.52 Å². The van der Waals surface area contributed by atoms with Gasteiger partial charge in [-0.2, -0.15) is 4.98 Å². The summed E-state index contributed by atoms with van der Waals surface area (Å²) >= 11 is 6.00. The second-order valence-corrected chi connectivity index (χ2v) is 5.55. The van der Waals surface area contributed by atoms with Crippen LogP contribution in [0.5, 0.6) is 0 Å². The van der Waals surface area contributed by atoms with Crippen LogP contribution in [0.1, 0.15) is 32.5 Å². The third-order valence-electron chi connectivity index (χ3n) is 2.42. The Morgan fingerprint density at radius 3 is 2.74 bits per heavy atom. The van der Waals surface area contributed by atoms with Crippen molar-refractivity contribution in [1.82, 2.24) is 20.1 Å². The summed E-state index contributed by atoms with van der Waals surface area (Å²) in [5.74, 6) is 1.99. The Hall–Kier alpha value is -1.69. The van der Waals surface area contributed by atoms with Gasteiger partial charge in [0.1, 0.15) is 16.8 Å². The molecule has 2 heterocycles. The Bertz CT molecular complexity index is 536. The van der Waals surface area contributed by atoms with Gasteiger partial charge in [-0.3, -0.25) is 0 Å². The number of hydrogen-bond donors (Lipinski definition) is 1. The standard InChI is InChI=1S/C12H16ClN5O/c1-12(2,3)11-17-8(13)6-9(18-11)14-5-4-10-15-7-16-19-10/h6-7H,4-5H2,1-3H3,(H,14,17,18). The fourth-order valence-electron chi connectivity index (χ4n) is 1.45. The van der Waals surface area contributed by atoms with Gasteiger partial charge in [-0.05, 0) is 0 Å². The highest BCUT2D eigenvalue weighted by molar-refractivity contribution is 6.29. The van der Waals surface area contributed by atoms with Crippen molar-refractivity contribution in [3.8, 4) is 0 Å². The molecular formula is C12H16ClN5O. The smallest absolute Gasteiger partial charge is 0.228 e. The monoisotopic (exact) mass is 281 g/mol. The van der Waals surface area contributed by atoms with Crippen LogP contribution in [0.3, 0.4) is 0 Å². The zero-order valence-electron chi connectivity index (χ0n) is 11.1. The van der Waals surface area contributed by atoms with Crippen LogP contribution in [-0.2, 0) is 11.8 Å². The van der Waals surface area contributed by atoms with E-state index in [1.165, 1.54) is 6.33 Å². The van der Waals surface area contributed by atoms with Gasteiger partial charge in [0.25, 0.3) is 0 Å². The average Bonchev–Trinajstić information content (AvgIpc) is 2.80. The van der Waals surface area contributed by atoms with E-state index in [2.05, 4.69) is 25.4 Å². The van der Waals surface area contributed by atoms with Gasteiger partial charge in [-0.25, -0.2) is 9.97 Å². The molecule has 19 heavy (non-hydrogen) atoms. The van der Waals surface area contributed by atoms with Crippen molar-refractivity contribution in [3.05, 3.63) is 29.3 Å². The quantitative estimate of drug-likeness (QED) is 0.868. The third-order valence-corrected chi connectivity index (χ3v) is 2.61. The summed E-state index contributed by atoms with van der Waals surface area (Å²) in [5.41, 5.74) is -0.145. The minimum absolute atomic E-state index is 0.145. The van der Waals surface area contributed by atoms with Crippen molar-refractivity contribution in [2.75, 3.05) is 11.9 Å². The van der Waals surface area contributed by atoms with Crippen molar-refractivity contribution >= 4 is 17.4 Å². The van der Waals surface area contributed by atoms with Crippen LogP contribution in [0, 0.1) is 0 Å². The molecule has 0 unspecified atom stereocenters. The molecule has 1 N–H and O–H groups in total. The molecule has 0 atom stereocenters. The predicted octanol–water partition coefficient (Wildman–Crippen LogP) is 2.47. The molecule has 0 aliphatic carbocycles. The maximum Gasteiger partial charge on any atom is 0.228 e. The summed E-state index contributed by atoms with van der Waals surface area (Å²) in [6.07, 6.45) is 2.01. The van der Waals surface area contributed by atoms with Crippen LogP contribution in [0.25, 0.3) is 0 Å². The number of anilines is 1. The highest BCUT2D eigenvalue weighted by atomic mass is 35.5. The highest BCUT2D eigenvalue weighted by Crippen LogP contribution is 2.22. The molecule has 0 saturated heterocycles. The summed E-state index contributed by atoms with van der Waals surface area (Å²) in [5, 5.41) is 7.15. The summed E-state index contributed by atoms with van der Waals surface area (Å²) < 4.78 is 4.91. The fourth-order valence-corrected chi connectivity index (χ4v) is 1.63. The van der Waals surface area contributed by atoms with Gasteiger partial charge in [-0.1, -0.05) is 37.5 Å². The average molecular weight is 282 g/mol. The molecule has 102 valence electrons. The van der Waals surface area contributed by atoms with Gasteiger partial charge in [0.15, 0.2) is 6.33 Å². The summed E-state index contributed by atoms with van der Waals surface area (Å²) in [4.78, 5) is 12.6. The second kappa shape index (κ2) is 5.52. The molecule has 2 aromatic heterocycles. The first-order chi connectivity index (χ1) is 8.95. The molecular weight excluding hydrogens is 266 g/mol. The van der Waals surface area contributed by atoms with Crippen molar-refractivity contribution in [3.63, 3.8) is 0 Å². The molecule has 6 nitrogen and oxygen atoms in total. The summed E-state index contributed by atoms with van der Waals surface area (Å²) in [6.45, 7) is 6.77. The minimum atomic E-state index is -0.145. The number of nitrogens with one attached hydrogen (secondary N) is 1. The van der Waals surface area contributed by atoms with Gasteiger partial charge in [-0.15, -0.1) is 0 Å². The Labute approximate surface area is 116 Å². The predicted molar refractivity (Wildman–Crippen MR) is 72.2 cm³/mol. The molecule has 0 aromatic carbocycles. The number of rotatable bonds is 4. The summed E-state index contributed by atoms with van der Waals surface area (Å²) in [6, 6.07) is 1.70. The molecule has 0 amide bonds. The Kier molecular flexibility index (Phi) is 3.99. The molecule has 0 radical (unpaired) electrons. The normalized spacial score (nSPS) is 11.6. The Morgan fingerprint density at radius 1 is 1.32 bits per heavy atom. The van der Waals surface area contributed by atoms with E-state index in [-0.39, 0.29) is 5.41 Å². The lowest BCUT2D eigenvalue weighted by atomic mass is 9.96. The molecule has 0 fully saturated rings. The topological polar surface area (TPSA) is 76.7 Å². The SMILES string of the molecule is CC(C)(C)c1nc(Cl)cc(NCCc2ncno2)n1. The molecule has 2 rings (SSSR count). The van der Waals surface area contributed by atoms with Crippen LogP contribution in [-0.4, -0.2) is 26.7 Å². The molecule has 2 aromatic rings. The zero-order valence-corrected chi connectivity index (χ0v) is 11.9. The molecule has 0 bridgehead atoms. The van der Waals surface area contributed by atoms with E-state index in [1.807, 2.05) is 20.8 Å². The lowest BCUT2D eigenvalue weighted by molar-refractivity contribution is 0.379. The number of aromatic nitrogens is 4. The lowest BCUT2D eigenvalue weighted by Gasteiger charge is -2.17. The number of hydrogen-bond acceptors (Lipinski definition) is 6. The van der Waals surface area contributed by atoms with Crippen LogP contribution in [0.2, 0.25) is 5.15 Å². The van der Waals surface area contributed by atoms with Gasteiger partial charge in [0.2, 0.25) is 5.89 Å². The van der Waals surface area contributed by atoms with E-state index < -0.39 is 0 Å². The zero-order chi connectivity index (χ0) is 13.9. The maximum absolute atomic E-state index is 6.00. The first-order valence-corrected chi connectivity index (χ1v) is 6.37. The van der Waals surface area contributed by atoms with E-state index in [9.17, 15) is 0 Å². The van der Waals surface area contributed by atoms with E-state index in [0.29, 0.717) is 35.7 Å². The number of halogens is 1. The minimum Gasteiger partial charge on any atom is -0.369 e.